The van der Waals surface area contributed by atoms with Crippen molar-refractivity contribution in [1.29, 1.82) is 0 Å². The number of nitrogens with zero attached hydrogens (tertiary/aromatic N) is 2. The second kappa shape index (κ2) is 11.3. The van der Waals surface area contributed by atoms with Crippen molar-refractivity contribution >= 4 is 23.2 Å². The van der Waals surface area contributed by atoms with E-state index in [4.69, 9.17) is 9.47 Å². The zero-order valence-corrected chi connectivity index (χ0v) is 21.4. The Morgan fingerprint density at radius 3 is 2.67 bits per heavy atom. The van der Waals surface area contributed by atoms with E-state index in [-0.39, 0.29) is 30.5 Å². The molecule has 0 N–H and O–H groups in total. The molecule has 6 nitrogen and oxygen atoms in total. The minimum absolute atomic E-state index is 0.0217. The molecule has 188 valence electrons. The lowest BCUT2D eigenvalue weighted by atomic mass is 10.00. The summed E-state index contributed by atoms with van der Waals surface area (Å²) in [4.78, 5) is 32.1. The predicted octanol–water partition coefficient (Wildman–Crippen LogP) is 4.88. The van der Waals surface area contributed by atoms with Crippen molar-refractivity contribution in [3.8, 4) is 5.75 Å². The summed E-state index contributed by atoms with van der Waals surface area (Å²) >= 11 is 1.73. The molecule has 0 bridgehead atoms. The number of hydrogen-bond donors (Lipinski definition) is 0. The van der Waals surface area contributed by atoms with Crippen LogP contribution in [0.1, 0.15) is 45.2 Å². The molecule has 0 saturated carbocycles. The lowest BCUT2D eigenvalue weighted by molar-refractivity contribution is -0.135. The first-order valence-corrected chi connectivity index (χ1v) is 13.5. The van der Waals surface area contributed by atoms with Crippen LogP contribution in [0, 0.1) is 6.92 Å². The van der Waals surface area contributed by atoms with Gasteiger partial charge in [0, 0.05) is 30.1 Å². The summed E-state index contributed by atoms with van der Waals surface area (Å²) in [5, 5.41) is 2.08. The topological polar surface area (TPSA) is 59.1 Å². The fraction of sp³-hybridized carbons (Fsp3) is 0.379. The van der Waals surface area contributed by atoms with Crippen LogP contribution < -0.4 is 4.74 Å². The number of carbonyl (C=O) groups is 2. The number of ether oxygens (including phenoxy) is 2. The van der Waals surface area contributed by atoms with Crippen LogP contribution in [-0.2, 0) is 16.0 Å². The van der Waals surface area contributed by atoms with Gasteiger partial charge in [-0.3, -0.25) is 9.59 Å². The Balaban J connectivity index is 1.35. The molecule has 0 unspecified atom stereocenters. The van der Waals surface area contributed by atoms with Crippen LogP contribution in [0.4, 0.5) is 0 Å². The molecule has 1 saturated heterocycles. The van der Waals surface area contributed by atoms with Gasteiger partial charge in [-0.15, -0.1) is 11.3 Å². The first-order valence-electron chi connectivity index (χ1n) is 12.6. The average Bonchev–Trinajstić information content (AvgIpc) is 3.59. The number of rotatable bonds is 8. The predicted molar refractivity (Wildman–Crippen MR) is 140 cm³/mol. The van der Waals surface area contributed by atoms with Crippen molar-refractivity contribution in [2.45, 2.75) is 38.3 Å². The smallest absolute Gasteiger partial charge is 0.254 e. The monoisotopic (exact) mass is 504 g/mol. The van der Waals surface area contributed by atoms with Gasteiger partial charge in [-0.25, -0.2) is 0 Å². The molecule has 0 spiro atoms. The van der Waals surface area contributed by atoms with Crippen LogP contribution in [0.15, 0.2) is 66.0 Å². The van der Waals surface area contributed by atoms with E-state index in [1.165, 1.54) is 4.88 Å². The standard InChI is InChI=1S/C29H32N2O4S/c1-21-9-11-22(12-10-21)29(33)30(18-24-8-5-16-34-24)19-28(32)31-15-13-27-25(14-17-36-27)26(31)20-35-23-6-3-2-4-7-23/h2-4,6-7,9-12,14,17,24,26H,5,8,13,15-16,18-20H2,1H3/t24-,26+/m0/s1. The molecule has 3 heterocycles. The normalized spacial score (nSPS) is 19.1. The van der Waals surface area contributed by atoms with E-state index >= 15 is 0 Å². The van der Waals surface area contributed by atoms with Crippen molar-refractivity contribution in [3.05, 3.63) is 87.6 Å². The highest BCUT2D eigenvalue weighted by Crippen LogP contribution is 2.34. The molecule has 1 aromatic heterocycles. The summed E-state index contributed by atoms with van der Waals surface area (Å²) in [5.41, 5.74) is 2.83. The Morgan fingerprint density at radius 1 is 1.11 bits per heavy atom. The number of thiophene rings is 1. The van der Waals surface area contributed by atoms with Crippen LogP contribution in [0.25, 0.3) is 0 Å². The maximum atomic E-state index is 13.8. The fourth-order valence-electron chi connectivity index (χ4n) is 4.95. The van der Waals surface area contributed by atoms with Gasteiger partial charge in [0.05, 0.1) is 12.1 Å². The van der Waals surface area contributed by atoms with Crippen LogP contribution in [0.5, 0.6) is 5.75 Å². The van der Waals surface area contributed by atoms with E-state index in [0.29, 0.717) is 31.9 Å². The lowest BCUT2D eigenvalue weighted by Crippen LogP contribution is -2.49. The van der Waals surface area contributed by atoms with E-state index in [0.717, 1.165) is 36.1 Å². The van der Waals surface area contributed by atoms with Gasteiger partial charge in [0.2, 0.25) is 5.91 Å². The van der Waals surface area contributed by atoms with E-state index < -0.39 is 0 Å². The molecule has 2 atom stereocenters. The Bertz CT molecular complexity index is 1170. The third kappa shape index (κ3) is 5.63. The molecule has 7 heteroatoms. The highest BCUT2D eigenvalue weighted by Gasteiger charge is 2.34. The van der Waals surface area contributed by atoms with Crippen LogP contribution in [-0.4, -0.2) is 60.6 Å². The molecule has 3 aromatic rings. The number of hydrogen-bond acceptors (Lipinski definition) is 5. The van der Waals surface area contributed by atoms with Gasteiger partial charge in [-0.1, -0.05) is 35.9 Å². The number of para-hydroxylation sites is 1. The SMILES string of the molecule is Cc1ccc(C(=O)N(CC(=O)N2CCc3sccc3[C@H]2COc2ccccc2)C[C@@H]2CCCO2)cc1. The molecule has 2 aromatic carbocycles. The molecule has 1 fully saturated rings. The molecule has 2 aliphatic heterocycles. The molecule has 0 radical (unpaired) electrons. The minimum atomic E-state index is -0.188. The first kappa shape index (κ1) is 24.5. The van der Waals surface area contributed by atoms with Gasteiger partial charge in [0.15, 0.2) is 0 Å². The quantitative estimate of drug-likeness (QED) is 0.439. The number of aryl methyl sites for hydroxylation is 1. The van der Waals surface area contributed by atoms with E-state index in [9.17, 15) is 9.59 Å². The van der Waals surface area contributed by atoms with Gasteiger partial charge in [-0.2, -0.15) is 0 Å². The maximum Gasteiger partial charge on any atom is 0.254 e. The summed E-state index contributed by atoms with van der Waals surface area (Å²) in [6.45, 7) is 4.12. The number of carbonyl (C=O) groups excluding carboxylic acids is 2. The van der Waals surface area contributed by atoms with Crippen molar-refractivity contribution in [2.24, 2.45) is 0 Å². The van der Waals surface area contributed by atoms with Crippen molar-refractivity contribution in [2.75, 3.05) is 32.8 Å². The first-order chi connectivity index (χ1) is 17.6. The zero-order chi connectivity index (χ0) is 24.9. The lowest BCUT2D eigenvalue weighted by Gasteiger charge is -2.37. The summed E-state index contributed by atoms with van der Waals surface area (Å²) in [5.74, 6) is 0.581. The van der Waals surface area contributed by atoms with E-state index in [1.54, 1.807) is 16.2 Å². The van der Waals surface area contributed by atoms with Crippen LogP contribution in [0.2, 0.25) is 0 Å². The Labute approximate surface area is 216 Å². The molecular formula is C29H32N2O4S. The van der Waals surface area contributed by atoms with Gasteiger partial charge >= 0.3 is 0 Å². The highest BCUT2D eigenvalue weighted by molar-refractivity contribution is 7.10. The second-order valence-electron chi connectivity index (χ2n) is 9.46. The molecule has 2 amide bonds. The Morgan fingerprint density at radius 2 is 1.92 bits per heavy atom. The maximum absolute atomic E-state index is 13.8. The van der Waals surface area contributed by atoms with Crippen molar-refractivity contribution < 1.29 is 19.1 Å². The van der Waals surface area contributed by atoms with E-state index in [1.807, 2.05) is 66.4 Å². The second-order valence-corrected chi connectivity index (χ2v) is 10.5. The molecule has 0 aliphatic carbocycles. The van der Waals surface area contributed by atoms with Crippen molar-refractivity contribution in [1.82, 2.24) is 9.80 Å². The zero-order valence-electron chi connectivity index (χ0n) is 20.6. The minimum Gasteiger partial charge on any atom is -0.491 e. The largest absolute Gasteiger partial charge is 0.491 e. The van der Waals surface area contributed by atoms with Gasteiger partial charge in [-0.05, 0) is 67.5 Å². The number of fused-ring (bicyclic) bond motifs is 1. The average molecular weight is 505 g/mol. The Hall–Kier alpha value is -3.16. The van der Waals surface area contributed by atoms with Gasteiger partial charge in [0.25, 0.3) is 5.91 Å². The van der Waals surface area contributed by atoms with Crippen molar-refractivity contribution in [3.63, 3.8) is 0 Å². The molecule has 2 aliphatic rings. The molecule has 36 heavy (non-hydrogen) atoms. The third-order valence-corrected chi connectivity index (χ3v) is 7.92. The Kier molecular flexibility index (Phi) is 7.68. The van der Waals surface area contributed by atoms with E-state index in [2.05, 4.69) is 11.4 Å². The number of amides is 2. The third-order valence-electron chi connectivity index (χ3n) is 6.93. The molecular weight excluding hydrogens is 472 g/mol. The van der Waals surface area contributed by atoms with Crippen LogP contribution >= 0.6 is 11.3 Å². The molecule has 5 rings (SSSR count). The summed E-state index contributed by atoms with van der Waals surface area (Å²) in [7, 11) is 0. The van der Waals surface area contributed by atoms with Gasteiger partial charge in [0.1, 0.15) is 18.9 Å². The fourth-order valence-corrected chi connectivity index (χ4v) is 5.88. The van der Waals surface area contributed by atoms with Crippen LogP contribution in [0.3, 0.4) is 0 Å². The van der Waals surface area contributed by atoms with Gasteiger partial charge < -0.3 is 19.3 Å². The summed E-state index contributed by atoms with van der Waals surface area (Å²) < 4.78 is 11.9. The summed E-state index contributed by atoms with van der Waals surface area (Å²) in [6.07, 6.45) is 2.67. The highest BCUT2D eigenvalue weighted by atomic mass is 32.1. The number of benzene rings is 2. The summed E-state index contributed by atoms with van der Waals surface area (Å²) in [6, 6.07) is 19.1.